The van der Waals surface area contributed by atoms with Gasteiger partial charge in [0.15, 0.2) is 12.0 Å². The number of benzene rings is 1. The molecule has 18 heavy (non-hydrogen) atoms. The fourth-order valence-corrected chi connectivity index (χ4v) is 1.61. The maximum absolute atomic E-state index is 14.0. The lowest BCUT2D eigenvalue weighted by Crippen LogP contribution is -1.96. The number of nitrogens with zero attached hydrogens (tertiary/aromatic N) is 1. The highest BCUT2D eigenvalue weighted by molar-refractivity contribution is 5.76. The Hall–Kier alpha value is -2.50. The van der Waals surface area contributed by atoms with E-state index in [4.69, 9.17) is 4.42 Å². The van der Waals surface area contributed by atoms with Crippen LogP contribution in [0.3, 0.4) is 0 Å². The second-order valence-corrected chi connectivity index (χ2v) is 3.67. The molecule has 6 heteroatoms. The second-order valence-electron chi connectivity index (χ2n) is 3.67. The van der Waals surface area contributed by atoms with Gasteiger partial charge in [-0.2, -0.15) is 0 Å². The minimum atomic E-state index is -0.726. The smallest absolute Gasteiger partial charge is 0.283 e. The fraction of sp³-hybridized carbons (Fsp3) is 0.0833. The van der Waals surface area contributed by atoms with Crippen LogP contribution >= 0.6 is 0 Å². The highest BCUT2D eigenvalue weighted by atomic mass is 19.1. The minimum Gasteiger partial charge on any atom is -0.453 e. The van der Waals surface area contributed by atoms with Crippen molar-refractivity contribution in [3.05, 3.63) is 51.5 Å². The highest BCUT2D eigenvalue weighted by Crippen LogP contribution is 2.34. The van der Waals surface area contributed by atoms with E-state index in [2.05, 4.69) is 0 Å². The first kappa shape index (κ1) is 12.0. The molecule has 0 saturated carbocycles. The number of hydrogen-bond acceptors (Lipinski definition) is 4. The summed E-state index contributed by atoms with van der Waals surface area (Å²) in [5, 5.41) is 10.9. The van der Waals surface area contributed by atoms with Gasteiger partial charge in [0.1, 0.15) is 17.1 Å². The van der Waals surface area contributed by atoms with Crippen LogP contribution in [0.2, 0.25) is 0 Å². The molecule has 2 rings (SSSR count). The SMILES string of the molecule is Cc1ccc([N+](=O)[O-])c(-c2ccc(C=O)o2)c1F. The maximum atomic E-state index is 14.0. The van der Waals surface area contributed by atoms with Crippen molar-refractivity contribution >= 4 is 12.0 Å². The van der Waals surface area contributed by atoms with Crippen LogP contribution in [-0.2, 0) is 0 Å². The van der Waals surface area contributed by atoms with Crippen molar-refractivity contribution in [3.8, 4) is 11.3 Å². The topological polar surface area (TPSA) is 73.3 Å². The average Bonchev–Trinajstić information content (AvgIpc) is 2.80. The molecule has 0 saturated heterocycles. The van der Waals surface area contributed by atoms with Crippen molar-refractivity contribution in [2.45, 2.75) is 6.92 Å². The molecule has 0 N–H and O–H groups in total. The van der Waals surface area contributed by atoms with Gasteiger partial charge in [-0.1, -0.05) is 0 Å². The van der Waals surface area contributed by atoms with Gasteiger partial charge in [0.05, 0.1) is 4.92 Å². The Balaban J connectivity index is 2.71. The lowest BCUT2D eigenvalue weighted by atomic mass is 10.1. The molecule has 0 radical (unpaired) electrons. The van der Waals surface area contributed by atoms with Crippen molar-refractivity contribution in [1.29, 1.82) is 0 Å². The largest absolute Gasteiger partial charge is 0.453 e. The van der Waals surface area contributed by atoms with Gasteiger partial charge in [0, 0.05) is 6.07 Å². The summed E-state index contributed by atoms with van der Waals surface area (Å²) in [4.78, 5) is 20.7. The van der Waals surface area contributed by atoms with E-state index in [1.54, 1.807) is 0 Å². The number of carbonyl (C=O) groups is 1. The Morgan fingerprint density at radius 2 is 2.06 bits per heavy atom. The molecule has 1 aromatic carbocycles. The summed E-state index contributed by atoms with van der Waals surface area (Å²) < 4.78 is 19.0. The fourth-order valence-electron chi connectivity index (χ4n) is 1.61. The Morgan fingerprint density at radius 1 is 1.33 bits per heavy atom. The molecule has 5 nitrogen and oxygen atoms in total. The van der Waals surface area contributed by atoms with E-state index in [-0.39, 0.29) is 22.6 Å². The van der Waals surface area contributed by atoms with Crippen LogP contribution in [0.1, 0.15) is 16.1 Å². The number of nitro benzene ring substituents is 1. The molecule has 0 fully saturated rings. The summed E-state index contributed by atoms with van der Waals surface area (Å²) in [6.07, 6.45) is 0.447. The Labute approximate surface area is 101 Å². The molecule has 0 aliphatic heterocycles. The van der Waals surface area contributed by atoms with E-state index >= 15 is 0 Å². The number of nitro groups is 1. The summed E-state index contributed by atoms with van der Waals surface area (Å²) in [5.41, 5.74) is -0.377. The standard InChI is InChI=1S/C12H8FNO4/c1-7-2-4-9(14(16)17)11(12(7)13)10-5-3-8(6-15)18-10/h2-6H,1H3. The maximum Gasteiger partial charge on any atom is 0.283 e. The number of carbonyl (C=O) groups excluding carboxylic acids is 1. The van der Waals surface area contributed by atoms with Gasteiger partial charge in [0.2, 0.25) is 0 Å². The molecule has 0 spiro atoms. The van der Waals surface area contributed by atoms with Crippen molar-refractivity contribution in [1.82, 2.24) is 0 Å². The van der Waals surface area contributed by atoms with E-state index in [1.165, 1.54) is 31.2 Å². The Kier molecular flexibility index (Phi) is 2.93. The van der Waals surface area contributed by atoms with E-state index < -0.39 is 16.4 Å². The lowest BCUT2D eigenvalue weighted by molar-refractivity contribution is -0.384. The monoisotopic (exact) mass is 249 g/mol. The lowest BCUT2D eigenvalue weighted by Gasteiger charge is -2.04. The molecule has 92 valence electrons. The number of halogens is 1. The third kappa shape index (κ3) is 1.88. The van der Waals surface area contributed by atoms with Crippen molar-refractivity contribution in [2.24, 2.45) is 0 Å². The third-order valence-electron chi connectivity index (χ3n) is 2.50. The molecular weight excluding hydrogens is 241 g/mol. The summed E-state index contributed by atoms with van der Waals surface area (Å²) in [5.74, 6) is -0.777. The van der Waals surface area contributed by atoms with Crippen LogP contribution in [0.5, 0.6) is 0 Å². The molecule has 0 aliphatic carbocycles. The predicted molar refractivity (Wildman–Crippen MR) is 60.9 cm³/mol. The highest BCUT2D eigenvalue weighted by Gasteiger charge is 2.23. The van der Waals surface area contributed by atoms with Gasteiger partial charge >= 0.3 is 0 Å². The zero-order valence-corrected chi connectivity index (χ0v) is 9.34. The van der Waals surface area contributed by atoms with Gasteiger partial charge < -0.3 is 4.42 Å². The molecule has 0 unspecified atom stereocenters. The van der Waals surface area contributed by atoms with Crippen LogP contribution in [0.15, 0.2) is 28.7 Å². The number of hydrogen-bond donors (Lipinski definition) is 0. The van der Waals surface area contributed by atoms with Gasteiger partial charge in [-0.3, -0.25) is 14.9 Å². The third-order valence-corrected chi connectivity index (χ3v) is 2.50. The molecule has 0 amide bonds. The van der Waals surface area contributed by atoms with Crippen LogP contribution in [-0.4, -0.2) is 11.2 Å². The Morgan fingerprint density at radius 3 is 2.61 bits per heavy atom. The van der Waals surface area contributed by atoms with Crippen molar-refractivity contribution < 1.29 is 18.5 Å². The van der Waals surface area contributed by atoms with Crippen molar-refractivity contribution in [2.75, 3.05) is 0 Å². The van der Waals surface area contributed by atoms with Crippen molar-refractivity contribution in [3.63, 3.8) is 0 Å². The van der Waals surface area contributed by atoms with E-state index in [0.717, 1.165) is 0 Å². The van der Waals surface area contributed by atoms with E-state index in [0.29, 0.717) is 6.29 Å². The minimum absolute atomic E-state index is 0.0137. The summed E-state index contributed by atoms with van der Waals surface area (Å²) in [7, 11) is 0. The molecule has 1 heterocycles. The van der Waals surface area contributed by atoms with E-state index in [9.17, 15) is 19.3 Å². The molecule has 0 aliphatic rings. The Bertz CT molecular complexity index is 633. The van der Waals surface area contributed by atoms with Crippen LogP contribution in [0.4, 0.5) is 10.1 Å². The molecular formula is C12H8FNO4. The first-order valence-corrected chi connectivity index (χ1v) is 5.03. The van der Waals surface area contributed by atoms with Gasteiger partial charge in [0.25, 0.3) is 5.69 Å². The first-order valence-electron chi connectivity index (χ1n) is 5.03. The summed E-state index contributed by atoms with van der Waals surface area (Å²) in [6, 6.07) is 5.18. The zero-order chi connectivity index (χ0) is 13.3. The number of aryl methyl sites for hydroxylation is 1. The number of rotatable bonds is 3. The van der Waals surface area contributed by atoms with Gasteiger partial charge in [-0.05, 0) is 30.7 Å². The second kappa shape index (κ2) is 4.40. The normalized spacial score (nSPS) is 10.3. The first-order chi connectivity index (χ1) is 8.54. The molecule has 0 atom stereocenters. The molecule has 1 aromatic heterocycles. The molecule has 2 aromatic rings. The summed E-state index contributed by atoms with van der Waals surface area (Å²) in [6.45, 7) is 1.49. The van der Waals surface area contributed by atoms with E-state index in [1.807, 2.05) is 0 Å². The zero-order valence-electron chi connectivity index (χ0n) is 9.34. The quantitative estimate of drug-likeness (QED) is 0.476. The summed E-state index contributed by atoms with van der Waals surface area (Å²) >= 11 is 0. The van der Waals surface area contributed by atoms with Crippen LogP contribution < -0.4 is 0 Å². The number of aldehydes is 1. The van der Waals surface area contributed by atoms with Gasteiger partial charge in [-0.15, -0.1) is 0 Å². The molecule has 0 bridgehead atoms. The van der Waals surface area contributed by atoms with Crippen LogP contribution in [0, 0.1) is 22.9 Å². The van der Waals surface area contributed by atoms with Crippen LogP contribution in [0.25, 0.3) is 11.3 Å². The number of furan rings is 1. The van der Waals surface area contributed by atoms with Gasteiger partial charge in [-0.25, -0.2) is 4.39 Å². The predicted octanol–water partition coefficient (Wildman–Crippen LogP) is 3.11. The average molecular weight is 249 g/mol.